The minimum Gasteiger partial charge on any atom is -0.480 e. The summed E-state index contributed by atoms with van der Waals surface area (Å²) in [6.45, 7) is 0.561. The Kier molecular flexibility index (Phi) is 5.12. The maximum absolute atomic E-state index is 13.0. The van der Waals surface area contributed by atoms with Gasteiger partial charge in [-0.05, 0) is 32.0 Å². The van der Waals surface area contributed by atoms with E-state index in [4.69, 9.17) is 9.84 Å². The van der Waals surface area contributed by atoms with Gasteiger partial charge in [-0.2, -0.15) is 13.2 Å². The third kappa shape index (κ3) is 4.23. The van der Waals surface area contributed by atoms with E-state index in [-0.39, 0.29) is 25.2 Å². The normalized spacial score (nSPS) is 25.9. The fraction of sp³-hybridized carbons (Fsp3) is 0.643. The van der Waals surface area contributed by atoms with Crippen LogP contribution in [-0.4, -0.2) is 61.0 Å². The molecule has 1 heterocycles. The molecule has 0 spiro atoms. The van der Waals surface area contributed by atoms with Crippen LogP contribution in [0.15, 0.2) is 23.4 Å². The standard InChI is InChI=1S/C14H19F3N2O3/c1-18-10-4-9(14(15,16)17)5-11(6-10)19-3-2-12(7-19)22-8-13(20)21/h5-6,10,12,18H,2-4,7-8H2,1H3,(H,20,21). The number of aliphatic carboxylic acids is 1. The van der Waals surface area contributed by atoms with Crippen molar-refractivity contribution in [2.45, 2.75) is 31.2 Å². The lowest BCUT2D eigenvalue weighted by Crippen LogP contribution is -2.33. The van der Waals surface area contributed by atoms with Crippen molar-refractivity contribution in [3.63, 3.8) is 0 Å². The lowest BCUT2D eigenvalue weighted by Gasteiger charge is -2.28. The Morgan fingerprint density at radius 1 is 1.55 bits per heavy atom. The van der Waals surface area contributed by atoms with E-state index in [2.05, 4.69) is 5.32 Å². The highest BCUT2D eigenvalue weighted by atomic mass is 19.4. The summed E-state index contributed by atoms with van der Waals surface area (Å²) in [6, 6.07) is -0.365. The Bertz CT molecular complexity index is 488. The molecule has 2 unspecified atom stereocenters. The summed E-state index contributed by atoms with van der Waals surface area (Å²) in [5.74, 6) is -1.05. The fourth-order valence-electron chi connectivity index (χ4n) is 2.66. The van der Waals surface area contributed by atoms with Crippen LogP contribution in [0, 0.1) is 0 Å². The average molecular weight is 320 g/mol. The summed E-state index contributed by atoms with van der Waals surface area (Å²) >= 11 is 0. The van der Waals surface area contributed by atoms with E-state index in [1.165, 1.54) is 6.08 Å². The number of nitrogens with one attached hydrogen (secondary N) is 1. The largest absolute Gasteiger partial charge is 0.480 e. The number of allylic oxidation sites excluding steroid dienone is 1. The third-order valence-corrected chi connectivity index (χ3v) is 3.82. The number of ether oxygens (including phenoxy) is 1. The third-order valence-electron chi connectivity index (χ3n) is 3.82. The highest BCUT2D eigenvalue weighted by molar-refractivity contribution is 5.68. The van der Waals surface area contributed by atoms with Crippen molar-refractivity contribution in [1.82, 2.24) is 10.2 Å². The zero-order valence-electron chi connectivity index (χ0n) is 12.2. The summed E-state index contributed by atoms with van der Waals surface area (Å²) in [4.78, 5) is 12.3. The van der Waals surface area contributed by atoms with E-state index in [9.17, 15) is 18.0 Å². The minimum absolute atomic E-state index is 0.0870. The fourth-order valence-corrected chi connectivity index (χ4v) is 2.66. The molecule has 1 aliphatic carbocycles. The molecule has 0 aromatic rings. The van der Waals surface area contributed by atoms with E-state index in [0.29, 0.717) is 25.2 Å². The molecule has 5 nitrogen and oxygen atoms in total. The van der Waals surface area contributed by atoms with Crippen LogP contribution in [0.3, 0.4) is 0 Å². The van der Waals surface area contributed by atoms with E-state index >= 15 is 0 Å². The SMILES string of the molecule is CNC1C=C(N2CCC(OCC(=O)O)C2)C=C(C(F)(F)F)C1. The molecule has 2 aliphatic rings. The van der Waals surface area contributed by atoms with Gasteiger partial charge in [-0.25, -0.2) is 4.79 Å². The molecule has 2 N–H and O–H groups in total. The first-order valence-electron chi connectivity index (χ1n) is 7.05. The van der Waals surface area contributed by atoms with Gasteiger partial charge in [-0.3, -0.25) is 0 Å². The maximum Gasteiger partial charge on any atom is 0.412 e. The van der Waals surface area contributed by atoms with Gasteiger partial charge in [-0.15, -0.1) is 0 Å². The predicted molar refractivity (Wildman–Crippen MR) is 73.3 cm³/mol. The Hall–Kier alpha value is -1.54. The van der Waals surface area contributed by atoms with Gasteiger partial charge in [0.25, 0.3) is 0 Å². The van der Waals surface area contributed by atoms with Gasteiger partial charge in [0.2, 0.25) is 0 Å². The number of hydrogen-bond donors (Lipinski definition) is 2. The number of halogens is 3. The smallest absolute Gasteiger partial charge is 0.412 e. The number of rotatable bonds is 5. The molecule has 0 bridgehead atoms. The van der Waals surface area contributed by atoms with Crippen LogP contribution in [0.5, 0.6) is 0 Å². The number of likely N-dealkylation sites (N-methyl/N-ethyl adjacent to an activating group) is 1. The number of carboxylic acids is 1. The monoisotopic (exact) mass is 320 g/mol. The van der Waals surface area contributed by atoms with Crippen molar-refractivity contribution in [2.75, 3.05) is 26.7 Å². The summed E-state index contributed by atoms with van der Waals surface area (Å²) in [5.41, 5.74) is -0.0430. The summed E-state index contributed by atoms with van der Waals surface area (Å²) in [7, 11) is 1.63. The van der Waals surface area contributed by atoms with Crippen molar-refractivity contribution in [2.24, 2.45) is 0 Å². The summed E-state index contributed by atoms with van der Waals surface area (Å²) < 4.78 is 44.1. The van der Waals surface area contributed by atoms with Crippen molar-refractivity contribution in [3.8, 4) is 0 Å². The minimum atomic E-state index is -4.34. The van der Waals surface area contributed by atoms with Gasteiger partial charge in [0.1, 0.15) is 6.61 Å². The molecular weight excluding hydrogens is 301 g/mol. The van der Waals surface area contributed by atoms with Crippen LogP contribution in [0.1, 0.15) is 12.8 Å². The molecule has 1 fully saturated rings. The Balaban J connectivity index is 2.05. The quantitative estimate of drug-likeness (QED) is 0.804. The molecule has 1 aliphatic heterocycles. The highest BCUT2D eigenvalue weighted by Crippen LogP contribution is 2.34. The number of alkyl halides is 3. The predicted octanol–water partition coefficient (Wildman–Crippen LogP) is 1.53. The van der Waals surface area contributed by atoms with Crippen LogP contribution < -0.4 is 5.32 Å². The van der Waals surface area contributed by atoms with Crippen LogP contribution in [0.25, 0.3) is 0 Å². The number of nitrogens with zero attached hydrogens (tertiary/aromatic N) is 1. The second-order valence-electron chi connectivity index (χ2n) is 5.42. The molecule has 2 atom stereocenters. The van der Waals surface area contributed by atoms with Crippen molar-refractivity contribution >= 4 is 5.97 Å². The van der Waals surface area contributed by atoms with E-state index in [1.54, 1.807) is 13.1 Å². The highest BCUT2D eigenvalue weighted by Gasteiger charge is 2.37. The van der Waals surface area contributed by atoms with Gasteiger partial charge in [0.05, 0.1) is 6.10 Å². The maximum atomic E-state index is 13.0. The van der Waals surface area contributed by atoms with Gasteiger partial charge in [-0.1, -0.05) is 0 Å². The van der Waals surface area contributed by atoms with Crippen molar-refractivity contribution < 1.29 is 27.8 Å². The molecule has 0 aromatic heterocycles. The van der Waals surface area contributed by atoms with Gasteiger partial charge < -0.3 is 20.1 Å². The Morgan fingerprint density at radius 2 is 2.27 bits per heavy atom. The second-order valence-corrected chi connectivity index (χ2v) is 5.42. The molecule has 22 heavy (non-hydrogen) atoms. The molecule has 0 saturated carbocycles. The second kappa shape index (κ2) is 6.70. The zero-order valence-corrected chi connectivity index (χ0v) is 12.2. The van der Waals surface area contributed by atoms with E-state index in [0.717, 1.165) is 0 Å². The lowest BCUT2D eigenvalue weighted by atomic mass is 9.97. The first kappa shape index (κ1) is 16.8. The zero-order chi connectivity index (χ0) is 16.3. The number of hydrogen-bond acceptors (Lipinski definition) is 4. The summed E-state index contributed by atoms with van der Waals surface area (Å²) in [6.07, 6.45) is -1.15. The van der Waals surface area contributed by atoms with Crippen LogP contribution in [0.4, 0.5) is 13.2 Å². The topological polar surface area (TPSA) is 61.8 Å². The van der Waals surface area contributed by atoms with Gasteiger partial charge in [0.15, 0.2) is 0 Å². The molecule has 1 saturated heterocycles. The van der Waals surface area contributed by atoms with Gasteiger partial charge >= 0.3 is 12.1 Å². The van der Waals surface area contributed by atoms with Crippen LogP contribution >= 0.6 is 0 Å². The molecule has 8 heteroatoms. The molecular formula is C14H19F3N2O3. The summed E-state index contributed by atoms with van der Waals surface area (Å²) in [5, 5.41) is 11.4. The number of carboxylic acid groups (broad SMARTS) is 1. The van der Waals surface area contributed by atoms with Crippen molar-refractivity contribution in [3.05, 3.63) is 23.4 Å². The van der Waals surface area contributed by atoms with Crippen LogP contribution in [0.2, 0.25) is 0 Å². The molecule has 0 aromatic carbocycles. The molecule has 2 rings (SSSR count). The number of carbonyl (C=O) groups is 1. The van der Waals surface area contributed by atoms with Gasteiger partial charge in [0, 0.05) is 30.4 Å². The Labute approximate surface area is 126 Å². The van der Waals surface area contributed by atoms with E-state index in [1.807, 2.05) is 4.90 Å². The molecule has 124 valence electrons. The molecule has 0 amide bonds. The number of likely N-dealkylation sites (tertiary alicyclic amines) is 1. The molecule has 0 radical (unpaired) electrons. The lowest BCUT2D eigenvalue weighted by molar-refractivity contribution is -0.144. The first-order chi connectivity index (χ1) is 10.3. The van der Waals surface area contributed by atoms with Crippen molar-refractivity contribution in [1.29, 1.82) is 0 Å². The first-order valence-corrected chi connectivity index (χ1v) is 7.05. The average Bonchev–Trinajstić information content (AvgIpc) is 2.92. The van der Waals surface area contributed by atoms with E-state index < -0.39 is 17.7 Å². The Morgan fingerprint density at radius 3 is 2.86 bits per heavy atom. The van der Waals surface area contributed by atoms with Crippen LogP contribution in [-0.2, 0) is 9.53 Å².